The minimum atomic E-state index is -0.693. The summed E-state index contributed by atoms with van der Waals surface area (Å²) >= 11 is 0. The Morgan fingerprint density at radius 3 is 2.38 bits per heavy atom. The molecular formula is C46H49N9O6. The van der Waals surface area contributed by atoms with E-state index >= 15 is 0 Å². The third kappa shape index (κ3) is 7.64. The number of aryl methyl sites for hydroxylation is 1. The molecule has 0 bridgehead atoms. The van der Waals surface area contributed by atoms with Crippen molar-refractivity contribution >= 4 is 34.9 Å². The Morgan fingerprint density at radius 1 is 0.852 bits per heavy atom. The molecule has 15 heteroatoms. The molecule has 0 spiro atoms. The number of imidazole rings is 2. The van der Waals surface area contributed by atoms with Crippen molar-refractivity contribution in [3.05, 3.63) is 102 Å². The van der Waals surface area contributed by atoms with E-state index in [-0.39, 0.29) is 35.6 Å². The number of aromatic nitrogens is 6. The van der Waals surface area contributed by atoms with Crippen LogP contribution < -0.4 is 10.6 Å². The Balaban J connectivity index is 0.874. The summed E-state index contributed by atoms with van der Waals surface area (Å²) in [6.07, 6.45) is 7.98. The monoisotopic (exact) mass is 823 g/mol. The lowest BCUT2D eigenvalue weighted by molar-refractivity contribution is -0.135. The molecule has 1 saturated heterocycles. The van der Waals surface area contributed by atoms with Crippen molar-refractivity contribution in [3.8, 4) is 33.6 Å². The van der Waals surface area contributed by atoms with Crippen molar-refractivity contribution in [2.45, 2.75) is 82.5 Å². The van der Waals surface area contributed by atoms with E-state index in [1.807, 2.05) is 62.5 Å². The molecule has 6 aromatic rings. The highest BCUT2D eigenvalue weighted by molar-refractivity contribution is 5.89. The molecule has 3 amide bonds. The number of amides is 3. The number of nitrogens with one attached hydrogen (secondary N) is 4. The van der Waals surface area contributed by atoms with Gasteiger partial charge in [0.2, 0.25) is 5.91 Å². The van der Waals surface area contributed by atoms with Crippen molar-refractivity contribution in [3.63, 3.8) is 0 Å². The first-order valence-corrected chi connectivity index (χ1v) is 20.9. The number of pyridine rings is 1. The van der Waals surface area contributed by atoms with Gasteiger partial charge in [0.25, 0.3) is 0 Å². The Morgan fingerprint density at radius 2 is 1.62 bits per heavy atom. The molecule has 6 heterocycles. The van der Waals surface area contributed by atoms with Crippen LogP contribution in [-0.2, 0) is 32.0 Å². The zero-order valence-corrected chi connectivity index (χ0v) is 34.6. The second kappa shape index (κ2) is 16.4. The van der Waals surface area contributed by atoms with Crippen molar-refractivity contribution < 1.29 is 28.7 Å². The molecule has 1 fully saturated rings. The molecule has 314 valence electrons. The number of methoxy groups -OCH3 is 2. The average Bonchev–Trinajstić information content (AvgIpc) is 4.10. The average molecular weight is 824 g/mol. The third-order valence-corrected chi connectivity index (χ3v) is 12.5. The van der Waals surface area contributed by atoms with Crippen molar-refractivity contribution in [2.75, 3.05) is 20.8 Å². The van der Waals surface area contributed by atoms with E-state index in [0.29, 0.717) is 31.8 Å². The van der Waals surface area contributed by atoms with Crippen LogP contribution in [0, 0.1) is 5.92 Å². The van der Waals surface area contributed by atoms with Crippen LogP contribution >= 0.6 is 0 Å². The van der Waals surface area contributed by atoms with Gasteiger partial charge >= 0.3 is 12.2 Å². The number of fused-ring (bicyclic) bond motifs is 1. The molecule has 3 aliphatic rings. The highest BCUT2D eigenvalue weighted by atomic mass is 16.5. The number of rotatable bonds is 9. The van der Waals surface area contributed by atoms with Crippen LogP contribution in [0.4, 0.5) is 9.59 Å². The number of carbonyl (C=O) groups excluding carboxylic acids is 4. The summed E-state index contributed by atoms with van der Waals surface area (Å²) in [6, 6.07) is 19.2. The van der Waals surface area contributed by atoms with Gasteiger partial charge in [0.05, 0.1) is 54.8 Å². The number of hydrogen-bond donors (Lipinski definition) is 4. The standard InChI is InChI=1S/C46H49N9O6/c1-25(2)40(53-46(59)61-4)44(57)55-18-5-6-37(55)43-48-23-36(51-43)27-9-7-26(8-10-27)32-14-13-30(22-47-32)29-12-15-33-35(20-29)50-42(49-33)31-21-38(56)39-34(52-45(58)60-3)16-11-28-17-19-54(24-31)41(28)39/h7-10,12-15,17,19-20,22-23,25,31,34,37,39-40H,5-6,11,16,18,21,24H2,1-4H3,(H,48,51)(H,49,50)(H,52,58)(H,53,59)/t31-,34-,37-,39?,40-/m0/s1. The SMILES string of the molecule is COC(=O)N[C@H]1CCc2ccn3c2C1C(=O)C[C@H](c1nc2ccc(-c4ccc(-c5ccc(-c6cnc([C@@H]7CCCN7C(=O)[C@@H](NC(=O)OC)C(C)C)[nH]6)cc5)nc4)cc2[nH]1)C3. The Hall–Kier alpha value is -6.77. The van der Waals surface area contributed by atoms with Gasteiger partial charge in [-0.25, -0.2) is 19.6 Å². The summed E-state index contributed by atoms with van der Waals surface area (Å²) in [7, 11) is 2.63. The maximum atomic E-state index is 13.9. The van der Waals surface area contributed by atoms with E-state index in [1.54, 1.807) is 11.1 Å². The predicted molar refractivity (Wildman–Crippen MR) is 227 cm³/mol. The van der Waals surface area contributed by atoms with Gasteiger partial charge in [0.15, 0.2) is 0 Å². The van der Waals surface area contributed by atoms with Crippen molar-refractivity contribution in [2.24, 2.45) is 5.92 Å². The first-order valence-electron chi connectivity index (χ1n) is 20.9. The second-order valence-electron chi connectivity index (χ2n) is 16.6. The molecule has 4 aromatic heterocycles. The number of alkyl carbamates (subject to hydrolysis) is 2. The van der Waals surface area contributed by atoms with Gasteiger partial charge in [0, 0.05) is 60.7 Å². The van der Waals surface area contributed by atoms with Gasteiger partial charge in [-0.3, -0.25) is 14.6 Å². The lowest BCUT2D eigenvalue weighted by atomic mass is 9.79. The van der Waals surface area contributed by atoms with Gasteiger partial charge in [-0.05, 0) is 72.6 Å². The lowest BCUT2D eigenvalue weighted by Gasteiger charge is -2.31. The molecule has 4 N–H and O–H groups in total. The molecule has 0 radical (unpaired) electrons. The predicted octanol–water partition coefficient (Wildman–Crippen LogP) is 7.04. The fraction of sp³-hybridized carbons (Fsp3) is 0.370. The van der Waals surface area contributed by atoms with Gasteiger partial charge in [-0.1, -0.05) is 50.2 Å². The largest absolute Gasteiger partial charge is 0.453 e. The Bertz CT molecular complexity index is 2610. The Labute approximate surface area is 352 Å². The quantitative estimate of drug-likeness (QED) is 0.119. The highest BCUT2D eigenvalue weighted by Gasteiger charge is 2.42. The van der Waals surface area contributed by atoms with Gasteiger partial charge in [0.1, 0.15) is 23.5 Å². The van der Waals surface area contributed by atoms with Gasteiger partial charge in [-0.2, -0.15) is 0 Å². The highest BCUT2D eigenvalue weighted by Crippen LogP contribution is 2.40. The number of Topliss-reactive ketones (excluding diaryl/α,β-unsaturated/α-hetero) is 1. The van der Waals surface area contributed by atoms with E-state index < -0.39 is 24.1 Å². The van der Waals surface area contributed by atoms with E-state index in [2.05, 4.69) is 54.5 Å². The van der Waals surface area contributed by atoms with Crippen LogP contribution in [0.5, 0.6) is 0 Å². The van der Waals surface area contributed by atoms with Crippen molar-refractivity contribution in [1.82, 2.24) is 45.0 Å². The summed E-state index contributed by atoms with van der Waals surface area (Å²) in [4.78, 5) is 74.8. The molecule has 1 unspecified atom stereocenters. The number of benzene rings is 2. The smallest absolute Gasteiger partial charge is 0.407 e. The van der Waals surface area contributed by atoms with Crippen LogP contribution in [0.25, 0.3) is 44.7 Å². The summed E-state index contributed by atoms with van der Waals surface area (Å²) in [5.74, 6) is 0.750. The van der Waals surface area contributed by atoms with Crippen LogP contribution in [0.15, 0.2) is 79.3 Å². The lowest BCUT2D eigenvalue weighted by Crippen LogP contribution is -2.51. The number of nitrogens with zero attached hydrogens (tertiary/aromatic N) is 5. The maximum Gasteiger partial charge on any atom is 0.407 e. The second-order valence-corrected chi connectivity index (χ2v) is 16.6. The first kappa shape index (κ1) is 39.7. The summed E-state index contributed by atoms with van der Waals surface area (Å²) in [5.41, 5.74) is 9.42. The van der Waals surface area contributed by atoms with Gasteiger partial charge in [-0.15, -0.1) is 0 Å². The van der Waals surface area contributed by atoms with Crippen LogP contribution in [0.1, 0.15) is 80.3 Å². The molecule has 9 rings (SSSR count). The van der Waals surface area contributed by atoms with E-state index in [9.17, 15) is 19.2 Å². The molecule has 61 heavy (non-hydrogen) atoms. The minimum Gasteiger partial charge on any atom is -0.453 e. The number of hydrogen-bond acceptors (Lipinski definition) is 9. The summed E-state index contributed by atoms with van der Waals surface area (Å²) < 4.78 is 11.8. The molecule has 5 atom stereocenters. The molecule has 0 saturated carbocycles. The first-order chi connectivity index (χ1) is 29.6. The molecule has 15 nitrogen and oxygen atoms in total. The van der Waals surface area contributed by atoms with E-state index in [1.165, 1.54) is 14.2 Å². The fourth-order valence-electron chi connectivity index (χ4n) is 9.35. The van der Waals surface area contributed by atoms with Crippen molar-refractivity contribution in [1.29, 1.82) is 0 Å². The molecule has 2 aromatic carbocycles. The minimum absolute atomic E-state index is 0.0936. The number of carbonyl (C=O) groups is 4. The normalized spacial score (nSPS) is 20.3. The zero-order valence-electron chi connectivity index (χ0n) is 34.6. The van der Waals surface area contributed by atoms with E-state index in [4.69, 9.17) is 19.4 Å². The molecule has 2 aliphatic heterocycles. The molecular weight excluding hydrogens is 775 g/mol. The number of aromatic amines is 2. The maximum absolute atomic E-state index is 13.9. The fourth-order valence-corrected chi connectivity index (χ4v) is 9.35. The molecule has 1 aliphatic carbocycles. The van der Waals surface area contributed by atoms with Crippen LogP contribution in [-0.4, -0.2) is 91.1 Å². The Kier molecular flexibility index (Phi) is 10.6. The number of likely N-dealkylation sites (tertiary alicyclic amines) is 1. The summed E-state index contributed by atoms with van der Waals surface area (Å²) in [5, 5.41) is 5.61. The van der Waals surface area contributed by atoms with Crippen LogP contribution in [0.3, 0.4) is 0 Å². The third-order valence-electron chi connectivity index (χ3n) is 12.5. The zero-order chi connectivity index (χ0) is 42.4. The number of ketones is 1. The van der Waals surface area contributed by atoms with Gasteiger partial charge < -0.3 is 39.5 Å². The topological polar surface area (TPSA) is 189 Å². The van der Waals surface area contributed by atoms with Crippen LogP contribution in [0.2, 0.25) is 0 Å². The summed E-state index contributed by atoms with van der Waals surface area (Å²) in [6.45, 7) is 5.00. The van der Waals surface area contributed by atoms with E-state index in [0.717, 1.165) is 81.0 Å². The number of H-pyrrole nitrogens is 2. The number of ether oxygens (including phenoxy) is 2.